The van der Waals surface area contributed by atoms with E-state index in [1.807, 2.05) is 18.2 Å². The Bertz CT molecular complexity index is 1180. The van der Waals surface area contributed by atoms with Crippen LogP contribution in [-0.2, 0) is 12.3 Å². The number of nitrogens with one attached hydrogen (secondary N) is 2. The number of alkyl halides is 2. The third-order valence-corrected chi connectivity index (χ3v) is 6.69. The van der Waals surface area contributed by atoms with Crippen molar-refractivity contribution in [1.29, 1.82) is 0 Å². The molecule has 0 bridgehead atoms. The van der Waals surface area contributed by atoms with Crippen LogP contribution in [0.3, 0.4) is 0 Å². The number of aromatic amines is 1. The fraction of sp³-hybridized carbons (Fsp3) is 0.375. The number of halogens is 4. The summed E-state index contributed by atoms with van der Waals surface area (Å²) in [4.78, 5) is 9.99. The van der Waals surface area contributed by atoms with Gasteiger partial charge in [-0.05, 0) is 67.8 Å². The van der Waals surface area contributed by atoms with Gasteiger partial charge in [0.25, 0.3) is 0 Å². The van der Waals surface area contributed by atoms with Crippen LogP contribution in [0.5, 0.6) is 0 Å². The van der Waals surface area contributed by atoms with Crippen molar-refractivity contribution >= 4 is 39.9 Å². The van der Waals surface area contributed by atoms with Gasteiger partial charge in [-0.15, -0.1) is 0 Å². The molecular formula is C24H27Cl2F2N5. The summed E-state index contributed by atoms with van der Waals surface area (Å²) in [5, 5.41) is 4.96. The molecule has 0 saturated carbocycles. The maximum absolute atomic E-state index is 14.4. The lowest BCUT2D eigenvalue weighted by Gasteiger charge is -2.35. The molecule has 1 aromatic carbocycles. The largest absolute Gasteiger partial charge is 0.369 e. The third-order valence-electron chi connectivity index (χ3n) is 6.15. The molecule has 1 aliphatic heterocycles. The Labute approximate surface area is 202 Å². The molecule has 3 aromatic rings. The van der Waals surface area contributed by atoms with E-state index in [-0.39, 0.29) is 16.6 Å². The van der Waals surface area contributed by atoms with Crippen LogP contribution in [0, 0.1) is 0 Å². The molecule has 4 N–H and O–H groups in total. The quantitative estimate of drug-likeness (QED) is 0.341. The lowest BCUT2D eigenvalue weighted by Crippen LogP contribution is -2.39. The number of H-pyrrole nitrogens is 1. The highest BCUT2D eigenvalue weighted by atomic mass is 35.5. The standard InChI is InChI=1S/C24H27Cl2F2N5/c1-14(2)24(27,28)23-18(26)4-6-21(32-23)30-10-12-33-11-8-16-17-13-15(25)3-5-19(17)31-22(16)20(33)7-9-29/h3-6,13,20,31H,1,7-12,29H2,2H3,(H,30,32). The Morgan fingerprint density at radius 3 is 2.85 bits per heavy atom. The average Bonchev–Trinajstić information content (AvgIpc) is 3.14. The molecule has 1 unspecified atom stereocenters. The van der Waals surface area contributed by atoms with E-state index >= 15 is 0 Å². The van der Waals surface area contributed by atoms with Gasteiger partial charge in [0.1, 0.15) is 11.5 Å². The molecule has 3 heterocycles. The highest BCUT2D eigenvalue weighted by molar-refractivity contribution is 6.31. The predicted octanol–water partition coefficient (Wildman–Crippen LogP) is 5.90. The lowest BCUT2D eigenvalue weighted by molar-refractivity contribution is 0.0340. The highest BCUT2D eigenvalue weighted by Gasteiger charge is 2.37. The molecule has 2 aromatic heterocycles. The predicted molar refractivity (Wildman–Crippen MR) is 131 cm³/mol. The molecule has 0 saturated heterocycles. The van der Waals surface area contributed by atoms with Crippen LogP contribution < -0.4 is 11.1 Å². The minimum absolute atomic E-state index is 0.0842. The van der Waals surface area contributed by atoms with E-state index < -0.39 is 11.6 Å². The van der Waals surface area contributed by atoms with Crippen LogP contribution in [-0.4, -0.2) is 41.0 Å². The zero-order chi connectivity index (χ0) is 23.8. The molecule has 0 aliphatic carbocycles. The summed E-state index contributed by atoms with van der Waals surface area (Å²) in [5.74, 6) is -2.94. The van der Waals surface area contributed by atoms with Gasteiger partial charge in [-0.1, -0.05) is 29.8 Å². The second kappa shape index (κ2) is 9.58. The van der Waals surface area contributed by atoms with Crippen molar-refractivity contribution in [3.8, 4) is 0 Å². The summed E-state index contributed by atoms with van der Waals surface area (Å²) >= 11 is 12.2. The topological polar surface area (TPSA) is 70.0 Å². The number of allylic oxidation sites excluding steroid dienone is 1. The summed E-state index contributed by atoms with van der Waals surface area (Å²) in [7, 11) is 0. The van der Waals surface area contributed by atoms with Gasteiger partial charge in [-0.3, -0.25) is 4.90 Å². The van der Waals surface area contributed by atoms with Crippen molar-refractivity contribution in [1.82, 2.24) is 14.9 Å². The summed E-state index contributed by atoms with van der Waals surface area (Å²) in [6, 6.07) is 9.08. The number of hydrogen-bond donors (Lipinski definition) is 3. The van der Waals surface area contributed by atoms with E-state index in [0.29, 0.717) is 25.5 Å². The van der Waals surface area contributed by atoms with Gasteiger partial charge < -0.3 is 16.0 Å². The van der Waals surface area contributed by atoms with Crippen LogP contribution in [0.2, 0.25) is 10.0 Å². The highest BCUT2D eigenvalue weighted by Crippen LogP contribution is 2.38. The van der Waals surface area contributed by atoms with Gasteiger partial charge in [0.05, 0.1) is 11.1 Å². The number of rotatable bonds is 8. The number of nitrogens with zero attached hydrogens (tertiary/aromatic N) is 2. The van der Waals surface area contributed by atoms with Gasteiger partial charge in [-0.25, -0.2) is 4.98 Å². The zero-order valence-corrected chi connectivity index (χ0v) is 19.9. The van der Waals surface area contributed by atoms with Crippen LogP contribution >= 0.6 is 23.2 Å². The van der Waals surface area contributed by atoms with Crippen LogP contribution in [0.4, 0.5) is 14.6 Å². The number of hydrogen-bond acceptors (Lipinski definition) is 4. The van der Waals surface area contributed by atoms with Gasteiger partial charge in [0, 0.05) is 41.3 Å². The fourth-order valence-corrected chi connectivity index (χ4v) is 4.83. The minimum Gasteiger partial charge on any atom is -0.369 e. The van der Waals surface area contributed by atoms with Gasteiger partial charge in [-0.2, -0.15) is 8.78 Å². The van der Waals surface area contributed by atoms with Crippen molar-refractivity contribution in [2.75, 3.05) is 31.5 Å². The monoisotopic (exact) mass is 493 g/mol. The van der Waals surface area contributed by atoms with E-state index in [1.165, 1.54) is 24.2 Å². The maximum atomic E-state index is 14.4. The molecule has 0 amide bonds. The summed E-state index contributed by atoms with van der Waals surface area (Å²) in [6.45, 7) is 7.29. The van der Waals surface area contributed by atoms with Crippen molar-refractivity contribution in [2.24, 2.45) is 5.73 Å². The van der Waals surface area contributed by atoms with Crippen molar-refractivity contribution in [2.45, 2.75) is 31.7 Å². The first-order valence-corrected chi connectivity index (χ1v) is 11.7. The van der Waals surface area contributed by atoms with Crippen molar-refractivity contribution < 1.29 is 8.78 Å². The van der Waals surface area contributed by atoms with Gasteiger partial charge in [0.15, 0.2) is 0 Å². The Kier molecular flexibility index (Phi) is 6.96. The van der Waals surface area contributed by atoms with Gasteiger partial charge in [0.2, 0.25) is 0 Å². The molecule has 4 rings (SSSR count). The van der Waals surface area contributed by atoms with Crippen LogP contribution in [0.25, 0.3) is 10.9 Å². The minimum atomic E-state index is -3.29. The number of anilines is 1. The Balaban J connectivity index is 1.49. The Morgan fingerprint density at radius 2 is 2.12 bits per heavy atom. The number of benzene rings is 1. The SMILES string of the molecule is C=C(C)C(F)(F)c1nc(NCCN2CCc3c([nH]c4ccc(Cl)cc34)C2CCN)ccc1Cl. The van der Waals surface area contributed by atoms with E-state index in [2.05, 4.69) is 26.8 Å². The number of pyridine rings is 1. The molecule has 1 atom stereocenters. The smallest absolute Gasteiger partial charge is 0.312 e. The zero-order valence-electron chi connectivity index (χ0n) is 18.4. The molecule has 0 fully saturated rings. The van der Waals surface area contributed by atoms with E-state index in [0.717, 1.165) is 35.3 Å². The lowest BCUT2D eigenvalue weighted by atomic mass is 9.95. The van der Waals surface area contributed by atoms with E-state index in [4.69, 9.17) is 28.9 Å². The molecule has 9 heteroatoms. The number of nitrogens with two attached hydrogens (primary N) is 1. The van der Waals surface area contributed by atoms with Crippen molar-refractivity contribution in [3.05, 3.63) is 69.5 Å². The number of aromatic nitrogens is 2. The average molecular weight is 494 g/mol. The maximum Gasteiger partial charge on any atom is 0.312 e. The van der Waals surface area contributed by atoms with Gasteiger partial charge >= 0.3 is 5.92 Å². The second-order valence-corrected chi connectivity index (χ2v) is 9.24. The summed E-state index contributed by atoms with van der Waals surface area (Å²) in [5.41, 5.74) is 8.69. The normalized spacial score (nSPS) is 16.7. The molecule has 176 valence electrons. The third kappa shape index (κ3) is 4.73. The summed E-state index contributed by atoms with van der Waals surface area (Å²) in [6.07, 6.45) is 1.70. The molecule has 1 aliphatic rings. The fourth-order valence-electron chi connectivity index (χ4n) is 4.43. The molecule has 0 spiro atoms. The Morgan fingerprint density at radius 1 is 1.33 bits per heavy atom. The Hall–Kier alpha value is -2.19. The molecule has 33 heavy (non-hydrogen) atoms. The van der Waals surface area contributed by atoms with Crippen molar-refractivity contribution in [3.63, 3.8) is 0 Å². The number of fused-ring (bicyclic) bond motifs is 3. The first kappa shape index (κ1) is 24.0. The molecule has 5 nitrogen and oxygen atoms in total. The molecule has 0 radical (unpaired) electrons. The van der Waals surface area contributed by atoms with E-state index in [9.17, 15) is 8.78 Å². The second-order valence-electron chi connectivity index (χ2n) is 8.39. The first-order valence-electron chi connectivity index (χ1n) is 10.9. The molecular weight excluding hydrogens is 467 g/mol. The first-order chi connectivity index (χ1) is 15.7. The van der Waals surface area contributed by atoms with Crippen LogP contribution in [0.15, 0.2) is 42.5 Å². The van der Waals surface area contributed by atoms with Crippen LogP contribution in [0.1, 0.15) is 36.3 Å². The van der Waals surface area contributed by atoms with E-state index in [1.54, 1.807) is 6.07 Å². The summed E-state index contributed by atoms with van der Waals surface area (Å²) < 4.78 is 28.8.